The van der Waals surface area contributed by atoms with Crippen LogP contribution in [0.2, 0.25) is 0 Å². The summed E-state index contributed by atoms with van der Waals surface area (Å²) in [5.74, 6) is -0.347. The number of likely N-dealkylation sites (tertiary alicyclic amines) is 1. The Kier molecular flexibility index (Phi) is 6.48. The maximum Gasteiger partial charge on any atom is 0.410 e. The Morgan fingerprint density at radius 1 is 1.17 bits per heavy atom. The van der Waals surface area contributed by atoms with Gasteiger partial charge in [-0.1, -0.05) is 41.6 Å². The van der Waals surface area contributed by atoms with Gasteiger partial charge in [-0.2, -0.15) is 0 Å². The molecule has 0 aliphatic carbocycles. The number of aryl methyl sites for hydroxylation is 2. The number of benzene rings is 2. The van der Waals surface area contributed by atoms with Crippen molar-refractivity contribution in [3.8, 4) is 0 Å². The minimum Gasteiger partial charge on any atom is -0.444 e. The molecule has 1 fully saturated rings. The molecule has 0 aromatic heterocycles. The van der Waals surface area contributed by atoms with Crippen molar-refractivity contribution in [3.05, 3.63) is 58.9 Å². The van der Waals surface area contributed by atoms with Gasteiger partial charge in [0, 0.05) is 23.5 Å². The lowest BCUT2D eigenvalue weighted by atomic mass is 9.84. The Labute approximate surface area is 182 Å². The largest absolute Gasteiger partial charge is 0.444 e. The molecule has 3 rings (SSSR count). The number of piperidine rings is 1. The SMILES string of the molecule is Cc1ccc(Sc2c(F)cccc2C2(O)CCN(C(=O)OC(C)(C)C)CC2)c(C)c1. The Balaban J connectivity index is 1.83. The molecule has 0 atom stereocenters. The van der Waals surface area contributed by atoms with Crippen molar-refractivity contribution in [1.82, 2.24) is 4.90 Å². The third kappa shape index (κ3) is 5.16. The molecular formula is C24H30FNO3S. The van der Waals surface area contributed by atoms with E-state index < -0.39 is 11.2 Å². The van der Waals surface area contributed by atoms with E-state index in [0.29, 0.717) is 36.4 Å². The molecule has 0 bridgehead atoms. The van der Waals surface area contributed by atoms with Gasteiger partial charge in [-0.15, -0.1) is 0 Å². The highest BCUT2D eigenvalue weighted by atomic mass is 32.2. The molecule has 30 heavy (non-hydrogen) atoms. The summed E-state index contributed by atoms with van der Waals surface area (Å²) in [6.07, 6.45) is 0.278. The zero-order chi connectivity index (χ0) is 22.1. The summed E-state index contributed by atoms with van der Waals surface area (Å²) in [5, 5.41) is 11.4. The average molecular weight is 432 g/mol. The lowest BCUT2D eigenvalue weighted by Crippen LogP contribution is -2.47. The number of carbonyl (C=O) groups excluding carboxylic acids is 1. The van der Waals surface area contributed by atoms with Gasteiger partial charge in [0.25, 0.3) is 0 Å². The summed E-state index contributed by atoms with van der Waals surface area (Å²) >= 11 is 1.34. The molecule has 0 spiro atoms. The number of rotatable bonds is 3. The fourth-order valence-electron chi connectivity index (χ4n) is 3.66. The monoisotopic (exact) mass is 431 g/mol. The fourth-order valence-corrected chi connectivity index (χ4v) is 4.77. The molecule has 2 aromatic rings. The third-order valence-electron chi connectivity index (χ3n) is 5.25. The lowest BCUT2D eigenvalue weighted by molar-refractivity contribution is -0.0374. The number of aliphatic hydroxyl groups is 1. The number of hydrogen-bond donors (Lipinski definition) is 1. The number of amides is 1. The van der Waals surface area contributed by atoms with E-state index in [1.807, 2.05) is 46.8 Å². The third-order valence-corrected chi connectivity index (χ3v) is 6.55. The van der Waals surface area contributed by atoms with Crippen LogP contribution in [-0.4, -0.2) is 34.8 Å². The molecule has 162 valence electrons. The van der Waals surface area contributed by atoms with E-state index >= 15 is 0 Å². The van der Waals surface area contributed by atoms with Crippen LogP contribution in [0.1, 0.15) is 50.3 Å². The molecule has 0 saturated carbocycles. The van der Waals surface area contributed by atoms with Crippen molar-refractivity contribution < 1.29 is 19.0 Å². The number of halogens is 1. The van der Waals surface area contributed by atoms with Crippen LogP contribution in [-0.2, 0) is 10.3 Å². The second-order valence-electron chi connectivity index (χ2n) is 8.99. The Hall–Kier alpha value is -2.05. The standard InChI is InChI=1S/C24H30FNO3S/c1-16-9-10-20(17(2)15-16)30-21-18(7-6-8-19(21)25)24(28)11-13-26(14-12-24)22(27)29-23(3,4)5/h6-10,15,28H,11-14H2,1-5H3. The number of ether oxygens (including phenoxy) is 1. The van der Waals surface area contributed by atoms with Crippen LogP contribution in [0, 0.1) is 19.7 Å². The van der Waals surface area contributed by atoms with E-state index in [-0.39, 0.29) is 11.9 Å². The first-order chi connectivity index (χ1) is 14.0. The minimum atomic E-state index is -1.19. The highest BCUT2D eigenvalue weighted by Crippen LogP contribution is 2.42. The van der Waals surface area contributed by atoms with Gasteiger partial charge in [0.15, 0.2) is 0 Å². The van der Waals surface area contributed by atoms with Gasteiger partial charge < -0.3 is 14.7 Å². The van der Waals surface area contributed by atoms with Crippen molar-refractivity contribution >= 4 is 17.9 Å². The van der Waals surface area contributed by atoms with Crippen LogP contribution in [0.15, 0.2) is 46.2 Å². The Morgan fingerprint density at radius 3 is 2.43 bits per heavy atom. The summed E-state index contributed by atoms with van der Waals surface area (Å²) < 4.78 is 20.3. The summed E-state index contributed by atoms with van der Waals surface area (Å²) in [5.41, 5.74) is 1.04. The molecule has 1 aliphatic rings. The molecule has 4 nitrogen and oxygen atoms in total. The highest BCUT2D eigenvalue weighted by molar-refractivity contribution is 7.99. The van der Waals surface area contributed by atoms with Crippen molar-refractivity contribution in [1.29, 1.82) is 0 Å². The maximum absolute atomic E-state index is 14.8. The normalized spacial score (nSPS) is 16.4. The predicted octanol–water partition coefficient (Wildman–Crippen LogP) is 5.81. The van der Waals surface area contributed by atoms with E-state index in [4.69, 9.17) is 4.74 Å². The van der Waals surface area contributed by atoms with Crippen molar-refractivity contribution in [2.24, 2.45) is 0 Å². The van der Waals surface area contributed by atoms with E-state index in [0.717, 1.165) is 16.0 Å². The number of hydrogen-bond acceptors (Lipinski definition) is 4. The van der Waals surface area contributed by atoms with Gasteiger partial charge in [0.05, 0.1) is 10.5 Å². The van der Waals surface area contributed by atoms with Crippen LogP contribution in [0.3, 0.4) is 0 Å². The molecule has 1 saturated heterocycles. The second kappa shape index (κ2) is 8.60. The highest BCUT2D eigenvalue weighted by Gasteiger charge is 2.38. The molecule has 1 heterocycles. The maximum atomic E-state index is 14.8. The number of nitrogens with zero attached hydrogens (tertiary/aromatic N) is 1. The molecular weight excluding hydrogens is 401 g/mol. The van der Waals surface area contributed by atoms with Crippen LogP contribution in [0.4, 0.5) is 9.18 Å². The van der Waals surface area contributed by atoms with E-state index in [2.05, 4.69) is 6.07 Å². The first-order valence-electron chi connectivity index (χ1n) is 10.2. The fraction of sp³-hybridized carbons (Fsp3) is 0.458. The van der Waals surface area contributed by atoms with Gasteiger partial charge in [0.2, 0.25) is 0 Å². The summed E-state index contributed by atoms with van der Waals surface area (Å²) in [6.45, 7) is 10.2. The van der Waals surface area contributed by atoms with Gasteiger partial charge in [0.1, 0.15) is 11.4 Å². The van der Waals surface area contributed by atoms with Crippen molar-refractivity contribution in [3.63, 3.8) is 0 Å². The molecule has 1 N–H and O–H groups in total. The van der Waals surface area contributed by atoms with Crippen molar-refractivity contribution in [2.45, 2.75) is 68.5 Å². The molecule has 0 radical (unpaired) electrons. The summed E-state index contributed by atoms with van der Waals surface area (Å²) in [6, 6.07) is 10.9. The Morgan fingerprint density at radius 2 is 1.83 bits per heavy atom. The molecule has 1 amide bonds. The van der Waals surface area contributed by atoms with E-state index in [1.54, 1.807) is 17.0 Å². The van der Waals surface area contributed by atoms with Gasteiger partial charge >= 0.3 is 6.09 Å². The second-order valence-corrected chi connectivity index (χ2v) is 10.0. The predicted molar refractivity (Wildman–Crippen MR) is 117 cm³/mol. The molecule has 6 heteroatoms. The first kappa shape index (κ1) is 22.6. The van der Waals surface area contributed by atoms with Gasteiger partial charge in [-0.05, 0) is 65.2 Å². The van der Waals surface area contributed by atoms with Gasteiger partial charge in [-0.3, -0.25) is 0 Å². The smallest absolute Gasteiger partial charge is 0.410 e. The topological polar surface area (TPSA) is 49.8 Å². The zero-order valence-corrected chi connectivity index (χ0v) is 19.1. The summed E-state index contributed by atoms with van der Waals surface area (Å²) in [7, 11) is 0. The van der Waals surface area contributed by atoms with Crippen LogP contribution < -0.4 is 0 Å². The quantitative estimate of drug-likeness (QED) is 0.666. The first-order valence-corrected chi connectivity index (χ1v) is 11.0. The number of carbonyl (C=O) groups is 1. The van der Waals surface area contributed by atoms with E-state index in [1.165, 1.54) is 17.8 Å². The average Bonchev–Trinajstić information content (AvgIpc) is 2.64. The molecule has 2 aromatic carbocycles. The molecule has 1 aliphatic heterocycles. The van der Waals surface area contributed by atoms with E-state index in [9.17, 15) is 14.3 Å². The van der Waals surface area contributed by atoms with Crippen LogP contribution in [0.5, 0.6) is 0 Å². The van der Waals surface area contributed by atoms with Crippen molar-refractivity contribution in [2.75, 3.05) is 13.1 Å². The Bertz CT molecular complexity index is 931. The molecule has 0 unspecified atom stereocenters. The zero-order valence-electron chi connectivity index (χ0n) is 18.3. The van der Waals surface area contributed by atoms with Crippen LogP contribution >= 0.6 is 11.8 Å². The lowest BCUT2D eigenvalue weighted by Gasteiger charge is -2.39. The minimum absolute atomic E-state index is 0.330. The summed E-state index contributed by atoms with van der Waals surface area (Å²) in [4.78, 5) is 15.4. The van der Waals surface area contributed by atoms with Gasteiger partial charge in [-0.25, -0.2) is 9.18 Å². The van der Waals surface area contributed by atoms with Crippen LogP contribution in [0.25, 0.3) is 0 Å².